The summed E-state index contributed by atoms with van der Waals surface area (Å²) in [5.74, 6) is -1.43. The molecule has 19 heavy (non-hydrogen) atoms. The Kier molecular flexibility index (Phi) is 6.24. The largest absolute Gasteiger partial charge is 0.480 e. The molecule has 1 rings (SSSR count). The van der Waals surface area contributed by atoms with Crippen molar-refractivity contribution in [2.24, 2.45) is 0 Å². The van der Waals surface area contributed by atoms with Crippen LogP contribution in [0.2, 0.25) is 0 Å². The topological polar surface area (TPSA) is 84.9 Å². The molecule has 6 heteroatoms. The number of hydrogen-bond donors (Lipinski definition) is 2. The van der Waals surface area contributed by atoms with Crippen LogP contribution in [0.3, 0.4) is 0 Å². The molecule has 1 amide bonds. The number of hydrogen-bond acceptors (Lipinski definition) is 4. The smallest absolute Gasteiger partial charge is 0.329 e. The molecule has 2 N–H and O–H groups in total. The molecule has 1 aliphatic rings. The second-order valence-electron chi connectivity index (χ2n) is 5.09. The maximum Gasteiger partial charge on any atom is 0.329 e. The molecule has 1 heterocycles. The Morgan fingerprint density at radius 3 is 2.79 bits per heavy atom. The third-order valence-electron chi connectivity index (χ3n) is 3.20. The van der Waals surface area contributed by atoms with Gasteiger partial charge in [-0.05, 0) is 26.2 Å². The number of carbonyl (C=O) groups is 2. The number of rotatable bonds is 8. The van der Waals surface area contributed by atoms with Gasteiger partial charge in [0, 0.05) is 6.61 Å². The average molecular weight is 273 g/mol. The number of carboxylic acids is 1. The Hall–Kier alpha value is -1.14. The number of ether oxygens (including phenoxy) is 2. The summed E-state index contributed by atoms with van der Waals surface area (Å²) in [4.78, 5) is 22.8. The molecule has 1 saturated heterocycles. The van der Waals surface area contributed by atoms with Crippen molar-refractivity contribution in [3.05, 3.63) is 0 Å². The molecular formula is C13H23NO5. The van der Waals surface area contributed by atoms with Crippen LogP contribution in [0.25, 0.3) is 0 Å². The summed E-state index contributed by atoms with van der Waals surface area (Å²) in [5, 5.41) is 11.6. The summed E-state index contributed by atoms with van der Waals surface area (Å²) in [7, 11) is 0. The Bertz CT molecular complexity index is 314. The summed E-state index contributed by atoms with van der Waals surface area (Å²) >= 11 is 0. The first-order valence-electron chi connectivity index (χ1n) is 6.71. The van der Waals surface area contributed by atoms with Crippen molar-refractivity contribution >= 4 is 11.9 Å². The van der Waals surface area contributed by atoms with E-state index in [1.807, 2.05) is 6.92 Å². The van der Waals surface area contributed by atoms with E-state index in [0.717, 1.165) is 19.4 Å². The molecule has 0 radical (unpaired) electrons. The van der Waals surface area contributed by atoms with Crippen molar-refractivity contribution in [3.8, 4) is 0 Å². The highest BCUT2D eigenvalue weighted by atomic mass is 16.5. The van der Waals surface area contributed by atoms with Crippen LogP contribution >= 0.6 is 0 Å². The highest BCUT2D eigenvalue weighted by molar-refractivity contribution is 5.87. The lowest BCUT2D eigenvalue weighted by Crippen LogP contribution is -2.53. The zero-order valence-electron chi connectivity index (χ0n) is 11.6. The fraction of sp³-hybridized carbons (Fsp3) is 0.846. The minimum Gasteiger partial charge on any atom is -0.480 e. The van der Waals surface area contributed by atoms with Gasteiger partial charge in [0.05, 0.1) is 12.7 Å². The lowest BCUT2D eigenvalue weighted by Gasteiger charge is -2.25. The van der Waals surface area contributed by atoms with E-state index in [0.29, 0.717) is 19.4 Å². The average Bonchev–Trinajstić information content (AvgIpc) is 2.82. The zero-order valence-corrected chi connectivity index (χ0v) is 11.6. The van der Waals surface area contributed by atoms with Gasteiger partial charge in [0.1, 0.15) is 12.1 Å². The zero-order chi connectivity index (χ0) is 14.3. The lowest BCUT2D eigenvalue weighted by atomic mass is 9.96. The molecule has 0 aromatic rings. The van der Waals surface area contributed by atoms with Crippen LogP contribution in [0.15, 0.2) is 0 Å². The van der Waals surface area contributed by atoms with Gasteiger partial charge in [0.25, 0.3) is 0 Å². The summed E-state index contributed by atoms with van der Waals surface area (Å²) < 4.78 is 10.6. The number of aliphatic carboxylic acids is 1. The standard InChI is InChI=1S/C13H23NO5/c1-3-6-13(2,12(16)17)14-11(15)9-18-8-10-5-4-7-19-10/h10H,3-9H2,1-2H3,(H,14,15)(H,16,17)/t10-,13+/m1/s1. The fourth-order valence-corrected chi connectivity index (χ4v) is 2.13. The van der Waals surface area contributed by atoms with Crippen LogP contribution in [0.4, 0.5) is 0 Å². The molecule has 0 spiro atoms. The SMILES string of the molecule is CCC[C@](C)(NC(=O)COC[C@H]1CCCO1)C(=O)O. The molecule has 6 nitrogen and oxygen atoms in total. The molecule has 0 aromatic carbocycles. The van der Waals surface area contributed by atoms with Crippen molar-refractivity contribution in [1.29, 1.82) is 0 Å². The third-order valence-corrected chi connectivity index (χ3v) is 3.20. The molecule has 0 aliphatic carbocycles. The normalized spacial score (nSPS) is 21.9. The van der Waals surface area contributed by atoms with E-state index in [-0.39, 0.29) is 12.7 Å². The van der Waals surface area contributed by atoms with Gasteiger partial charge in [-0.25, -0.2) is 4.79 Å². The minimum absolute atomic E-state index is 0.0642. The first-order chi connectivity index (χ1) is 8.98. The van der Waals surface area contributed by atoms with Crippen molar-refractivity contribution in [3.63, 3.8) is 0 Å². The number of carboxylic acid groups (broad SMARTS) is 1. The van der Waals surface area contributed by atoms with Crippen LogP contribution in [-0.2, 0) is 19.1 Å². The molecule has 110 valence electrons. The van der Waals surface area contributed by atoms with Gasteiger partial charge < -0.3 is 19.9 Å². The van der Waals surface area contributed by atoms with Gasteiger partial charge in [0.15, 0.2) is 0 Å². The van der Waals surface area contributed by atoms with Crippen LogP contribution in [0, 0.1) is 0 Å². The quantitative estimate of drug-likeness (QED) is 0.687. The van der Waals surface area contributed by atoms with Gasteiger partial charge in [-0.2, -0.15) is 0 Å². The van der Waals surface area contributed by atoms with Crippen molar-refractivity contribution in [1.82, 2.24) is 5.32 Å². The van der Waals surface area contributed by atoms with Crippen molar-refractivity contribution in [2.75, 3.05) is 19.8 Å². The second kappa shape index (κ2) is 7.45. The molecule has 1 fully saturated rings. The van der Waals surface area contributed by atoms with Gasteiger partial charge in [-0.3, -0.25) is 4.79 Å². The van der Waals surface area contributed by atoms with E-state index in [9.17, 15) is 9.59 Å². The third kappa shape index (κ3) is 5.16. The van der Waals surface area contributed by atoms with Crippen LogP contribution in [0.5, 0.6) is 0 Å². The predicted octanol–water partition coefficient (Wildman–Crippen LogP) is 0.942. The first-order valence-corrected chi connectivity index (χ1v) is 6.71. The van der Waals surface area contributed by atoms with E-state index in [1.165, 1.54) is 6.92 Å². The molecule has 0 saturated carbocycles. The van der Waals surface area contributed by atoms with E-state index >= 15 is 0 Å². The van der Waals surface area contributed by atoms with Gasteiger partial charge in [0.2, 0.25) is 5.91 Å². The first kappa shape index (κ1) is 15.9. The molecule has 0 unspecified atom stereocenters. The van der Waals surface area contributed by atoms with Gasteiger partial charge >= 0.3 is 5.97 Å². The van der Waals surface area contributed by atoms with E-state index < -0.39 is 17.4 Å². The van der Waals surface area contributed by atoms with Crippen molar-refractivity contribution in [2.45, 2.75) is 51.2 Å². The van der Waals surface area contributed by atoms with E-state index in [2.05, 4.69) is 5.32 Å². The Balaban J connectivity index is 2.29. The maximum atomic E-state index is 11.7. The van der Waals surface area contributed by atoms with Gasteiger partial charge in [-0.15, -0.1) is 0 Å². The summed E-state index contributed by atoms with van der Waals surface area (Å²) in [6, 6.07) is 0. The van der Waals surface area contributed by atoms with Gasteiger partial charge in [-0.1, -0.05) is 13.3 Å². The minimum atomic E-state index is -1.22. The molecule has 0 bridgehead atoms. The number of carbonyl (C=O) groups excluding carboxylic acids is 1. The molecule has 2 atom stereocenters. The van der Waals surface area contributed by atoms with Crippen LogP contribution < -0.4 is 5.32 Å². The van der Waals surface area contributed by atoms with Crippen LogP contribution in [0.1, 0.15) is 39.5 Å². The summed E-state index contributed by atoms with van der Waals surface area (Å²) in [6.45, 7) is 4.38. The highest BCUT2D eigenvalue weighted by Crippen LogP contribution is 2.13. The highest BCUT2D eigenvalue weighted by Gasteiger charge is 2.33. The fourth-order valence-electron chi connectivity index (χ4n) is 2.13. The Morgan fingerprint density at radius 1 is 1.53 bits per heavy atom. The summed E-state index contributed by atoms with van der Waals surface area (Å²) in [5.41, 5.74) is -1.22. The number of nitrogens with one attached hydrogen (secondary N) is 1. The molecular weight excluding hydrogens is 250 g/mol. The number of amides is 1. The lowest BCUT2D eigenvalue weighted by molar-refractivity contribution is -0.148. The monoisotopic (exact) mass is 273 g/mol. The summed E-state index contributed by atoms with van der Waals surface area (Å²) in [6.07, 6.45) is 3.10. The Labute approximate surface area is 113 Å². The molecule has 1 aliphatic heterocycles. The van der Waals surface area contributed by atoms with E-state index in [1.54, 1.807) is 0 Å². The predicted molar refractivity (Wildman–Crippen MR) is 68.9 cm³/mol. The van der Waals surface area contributed by atoms with Crippen LogP contribution in [-0.4, -0.2) is 48.4 Å². The van der Waals surface area contributed by atoms with Crippen molar-refractivity contribution < 1.29 is 24.2 Å². The molecule has 0 aromatic heterocycles. The Morgan fingerprint density at radius 2 is 2.26 bits per heavy atom. The van der Waals surface area contributed by atoms with E-state index in [4.69, 9.17) is 14.6 Å². The maximum absolute atomic E-state index is 11.7. The second-order valence-corrected chi connectivity index (χ2v) is 5.09.